The molecule has 0 spiro atoms. The number of anilines is 1. The predicted molar refractivity (Wildman–Crippen MR) is 86.9 cm³/mol. The second-order valence-electron chi connectivity index (χ2n) is 4.52. The molecular formula is C18H10FN5. The Morgan fingerprint density at radius 3 is 2.04 bits per heavy atom. The molecule has 2 aromatic carbocycles. The van der Waals surface area contributed by atoms with E-state index in [2.05, 4.69) is 10.3 Å². The maximum Gasteiger partial charge on any atom is 0.171 e. The van der Waals surface area contributed by atoms with Gasteiger partial charge in [0.1, 0.15) is 29.9 Å². The maximum absolute atomic E-state index is 13.0. The van der Waals surface area contributed by atoms with E-state index < -0.39 is 0 Å². The number of rotatable bonds is 3. The molecule has 0 atom stereocenters. The van der Waals surface area contributed by atoms with Gasteiger partial charge in [-0.25, -0.2) is 9.38 Å². The highest BCUT2D eigenvalue weighted by Gasteiger charge is 2.09. The molecule has 6 heteroatoms. The molecular weight excluding hydrogens is 305 g/mol. The molecule has 0 fully saturated rings. The van der Waals surface area contributed by atoms with Gasteiger partial charge in [-0.2, -0.15) is 15.8 Å². The van der Waals surface area contributed by atoms with E-state index in [1.165, 1.54) is 24.3 Å². The third-order valence-electron chi connectivity index (χ3n) is 2.94. The average molecular weight is 315 g/mol. The van der Waals surface area contributed by atoms with Crippen molar-refractivity contribution in [2.45, 2.75) is 0 Å². The van der Waals surface area contributed by atoms with Crippen LogP contribution in [0.4, 0.5) is 10.1 Å². The van der Waals surface area contributed by atoms with Gasteiger partial charge in [0, 0.05) is 11.3 Å². The van der Waals surface area contributed by atoms with E-state index in [1.54, 1.807) is 42.5 Å². The topological polar surface area (TPSA) is 95.8 Å². The Hall–Kier alpha value is -3.95. The lowest BCUT2D eigenvalue weighted by Gasteiger charge is -2.10. The van der Waals surface area contributed by atoms with Gasteiger partial charge in [0.25, 0.3) is 0 Å². The molecule has 114 valence electrons. The molecule has 2 aromatic rings. The summed E-state index contributed by atoms with van der Waals surface area (Å²) in [6, 6.07) is 19.5. The van der Waals surface area contributed by atoms with Crippen LogP contribution < -0.4 is 5.32 Å². The van der Waals surface area contributed by atoms with E-state index in [1.807, 2.05) is 6.07 Å². The second kappa shape index (κ2) is 7.89. The van der Waals surface area contributed by atoms with Gasteiger partial charge in [-0.05, 0) is 24.3 Å². The summed E-state index contributed by atoms with van der Waals surface area (Å²) in [6.45, 7) is 0. The van der Waals surface area contributed by atoms with Gasteiger partial charge in [0.15, 0.2) is 11.3 Å². The number of halogens is 1. The molecule has 0 aliphatic carbocycles. The number of nitriles is 3. The molecule has 5 nitrogen and oxygen atoms in total. The minimum absolute atomic E-state index is 0.266. The van der Waals surface area contributed by atoms with Crippen LogP contribution in [0.3, 0.4) is 0 Å². The van der Waals surface area contributed by atoms with Crippen molar-refractivity contribution in [2.75, 3.05) is 5.32 Å². The highest BCUT2D eigenvalue weighted by Crippen LogP contribution is 2.14. The van der Waals surface area contributed by atoms with Crippen LogP contribution in [0.1, 0.15) is 5.56 Å². The highest BCUT2D eigenvalue weighted by atomic mass is 19.1. The quantitative estimate of drug-likeness (QED) is 0.532. The first-order valence-electron chi connectivity index (χ1n) is 6.79. The van der Waals surface area contributed by atoms with Crippen molar-refractivity contribution in [2.24, 2.45) is 4.99 Å². The zero-order valence-corrected chi connectivity index (χ0v) is 12.4. The van der Waals surface area contributed by atoms with Gasteiger partial charge in [0.05, 0.1) is 0 Å². The fraction of sp³-hybridized carbons (Fsp3) is 0. The van der Waals surface area contributed by atoms with Crippen LogP contribution in [0, 0.1) is 39.8 Å². The van der Waals surface area contributed by atoms with Crippen molar-refractivity contribution in [3.05, 3.63) is 77.2 Å². The molecule has 0 amide bonds. The number of hydrogen-bond donors (Lipinski definition) is 1. The molecule has 0 aromatic heterocycles. The van der Waals surface area contributed by atoms with E-state index in [4.69, 9.17) is 15.8 Å². The highest BCUT2D eigenvalue weighted by molar-refractivity contribution is 6.08. The Kier molecular flexibility index (Phi) is 5.40. The summed E-state index contributed by atoms with van der Waals surface area (Å²) in [5, 5.41) is 30.0. The normalized spacial score (nSPS) is 10.0. The molecule has 0 unspecified atom stereocenters. The molecule has 2 rings (SSSR count). The summed E-state index contributed by atoms with van der Waals surface area (Å²) in [6.07, 6.45) is 0. The van der Waals surface area contributed by atoms with E-state index in [-0.39, 0.29) is 22.9 Å². The SMILES string of the molecule is N#CC(C#N)=C(C#N)N=C(Nc1ccc(F)cc1)c1ccccc1. The summed E-state index contributed by atoms with van der Waals surface area (Å²) in [7, 11) is 0. The first-order chi connectivity index (χ1) is 11.7. The van der Waals surface area contributed by atoms with Gasteiger partial charge < -0.3 is 5.32 Å². The van der Waals surface area contributed by atoms with Gasteiger partial charge in [0.2, 0.25) is 0 Å². The smallest absolute Gasteiger partial charge is 0.171 e. The molecule has 1 N–H and O–H groups in total. The Labute approximate surface area is 138 Å². The molecule has 24 heavy (non-hydrogen) atoms. The third kappa shape index (κ3) is 4.04. The van der Waals surface area contributed by atoms with Crippen LogP contribution in [0.5, 0.6) is 0 Å². The Balaban J connectivity index is 2.52. The Bertz CT molecular complexity index is 891. The number of nitrogens with zero attached hydrogens (tertiary/aromatic N) is 4. The summed E-state index contributed by atoms with van der Waals surface area (Å²) >= 11 is 0. The summed E-state index contributed by atoms with van der Waals surface area (Å²) in [5.41, 5.74) is 0.511. The number of aliphatic imine (C=N–C) groups is 1. The molecule has 0 aliphatic heterocycles. The fourth-order valence-electron chi connectivity index (χ4n) is 1.81. The minimum Gasteiger partial charge on any atom is -0.340 e. The lowest BCUT2D eigenvalue weighted by Crippen LogP contribution is -2.14. The van der Waals surface area contributed by atoms with Gasteiger partial charge in [-0.3, -0.25) is 0 Å². The van der Waals surface area contributed by atoms with Crippen molar-refractivity contribution >= 4 is 11.5 Å². The lowest BCUT2D eigenvalue weighted by atomic mass is 10.2. The zero-order valence-electron chi connectivity index (χ0n) is 12.4. The number of nitrogens with one attached hydrogen (secondary N) is 1. The molecule has 0 saturated carbocycles. The van der Waals surface area contributed by atoms with Gasteiger partial charge >= 0.3 is 0 Å². The van der Waals surface area contributed by atoms with Gasteiger partial charge in [-0.15, -0.1) is 0 Å². The van der Waals surface area contributed by atoms with E-state index in [0.717, 1.165) is 0 Å². The van der Waals surface area contributed by atoms with E-state index in [9.17, 15) is 4.39 Å². The van der Waals surface area contributed by atoms with Crippen LogP contribution >= 0.6 is 0 Å². The summed E-state index contributed by atoms with van der Waals surface area (Å²) < 4.78 is 13.0. The molecule has 0 heterocycles. The van der Waals surface area contributed by atoms with Crippen LogP contribution in [0.25, 0.3) is 0 Å². The van der Waals surface area contributed by atoms with Crippen molar-refractivity contribution in [1.82, 2.24) is 0 Å². The average Bonchev–Trinajstić information content (AvgIpc) is 2.63. The number of benzene rings is 2. The van der Waals surface area contributed by atoms with Crippen LogP contribution in [0.15, 0.2) is 70.9 Å². The number of hydrogen-bond acceptors (Lipinski definition) is 4. The molecule has 0 radical (unpaired) electrons. The zero-order chi connectivity index (χ0) is 17.4. The Morgan fingerprint density at radius 2 is 1.50 bits per heavy atom. The fourth-order valence-corrected chi connectivity index (χ4v) is 1.81. The predicted octanol–water partition coefficient (Wildman–Crippen LogP) is 3.51. The van der Waals surface area contributed by atoms with Crippen LogP contribution in [-0.4, -0.2) is 5.84 Å². The first kappa shape index (κ1) is 16.4. The van der Waals surface area contributed by atoms with Crippen molar-refractivity contribution in [1.29, 1.82) is 15.8 Å². The van der Waals surface area contributed by atoms with E-state index in [0.29, 0.717) is 11.3 Å². The van der Waals surface area contributed by atoms with Crippen LogP contribution in [0.2, 0.25) is 0 Å². The third-order valence-corrected chi connectivity index (χ3v) is 2.94. The minimum atomic E-state index is -0.383. The van der Waals surface area contributed by atoms with Crippen molar-refractivity contribution in [3.8, 4) is 18.2 Å². The summed E-state index contributed by atoms with van der Waals surface area (Å²) in [5.74, 6) is -0.116. The van der Waals surface area contributed by atoms with Gasteiger partial charge in [-0.1, -0.05) is 30.3 Å². The second-order valence-corrected chi connectivity index (χ2v) is 4.52. The number of amidine groups is 1. The first-order valence-corrected chi connectivity index (χ1v) is 6.79. The van der Waals surface area contributed by atoms with Crippen molar-refractivity contribution in [3.63, 3.8) is 0 Å². The molecule has 0 aliphatic rings. The molecule has 0 bridgehead atoms. The standard InChI is InChI=1S/C18H10FN5/c19-15-6-8-16(9-7-15)23-18(13-4-2-1-3-5-13)24-17(12-22)14(10-20)11-21/h1-9H,(H,23,24). The Morgan fingerprint density at radius 1 is 0.875 bits per heavy atom. The van der Waals surface area contributed by atoms with E-state index >= 15 is 0 Å². The monoisotopic (exact) mass is 315 g/mol. The number of allylic oxidation sites excluding steroid dienone is 2. The largest absolute Gasteiger partial charge is 0.340 e. The van der Waals surface area contributed by atoms with Crippen LogP contribution in [-0.2, 0) is 0 Å². The summed E-state index contributed by atoms with van der Waals surface area (Å²) in [4.78, 5) is 4.11. The molecule has 0 saturated heterocycles. The maximum atomic E-state index is 13.0. The van der Waals surface area contributed by atoms with Crippen molar-refractivity contribution < 1.29 is 4.39 Å². The lowest BCUT2D eigenvalue weighted by molar-refractivity contribution is 0.628.